The molecule has 0 saturated carbocycles. The van der Waals surface area contributed by atoms with Crippen molar-refractivity contribution < 1.29 is 5.11 Å². The fourth-order valence-electron chi connectivity index (χ4n) is 2.51. The number of aromatic nitrogens is 1. The summed E-state index contributed by atoms with van der Waals surface area (Å²) in [4.78, 5) is 8.73. The minimum atomic E-state index is -0.265. The monoisotopic (exact) mass is 250 g/mol. The minimum Gasteiger partial charge on any atom is -0.391 e. The van der Waals surface area contributed by atoms with E-state index in [4.69, 9.17) is 5.73 Å². The van der Waals surface area contributed by atoms with E-state index in [1.807, 2.05) is 26.2 Å². The lowest BCUT2D eigenvalue weighted by Crippen LogP contribution is -2.38. The van der Waals surface area contributed by atoms with Gasteiger partial charge in [0.15, 0.2) is 0 Å². The molecule has 1 aromatic heterocycles. The van der Waals surface area contributed by atoms with Crippen molar-refractivity contribution in [3.8, 4) is 0 Å². The summed E-state index contributed by atoms with van der Waals surface area (Å²) in [7, 11) is 4.10. The van der Waals surface area contributed by atoms with Gasteiger partial charge in [-0.3, -0.25) is 0 Å². The predicted molar refractivity (Wildman–Crippen MR) is 72.4 cm³/mol. The second kappa shape index (κ2) is 5.65. The van der Waals surface area contributed by atoms with Crippen LogP contribution in [0.2, 0.25) is 0 Å². The predicted octanol–water partition coefficient (Wildman–Crippen LogP) is 0.0415. The van der Waals surface area contributed by atoms with Crippen molar-refractivity contribution in [1.29, 1.82) is 0 Å². The molecule has 2 rings (SSSR count). The molecule has 1 fully saturated rings. The molecule has 18 heavy (non-hydrogen) atoms. The van der Waals surface area contributed by atoms with Crippen LogP contribution in [0.15, 0.2) is 18.3 Å². The van der Waals surface area contributed by atoms with Crippen LogP contribution in [-0.4, -0.2) is 54.3 Å². The summed E-state index contributed by atoms with van der Waals surface area (Å²) in [5.74, 6) is 0.918. The van der Waals surface area contributed by atoms with Crippen LogP contribution in [0.4, 0.5) is 5.82 Å². The van der Waals surface area contributed by atoms with Gasteiger partial charge in [-0.15, -0.1) is 0 Å². The second-order valence-corrected chi connectivity index (χ2v) is 5.18. The van der Waals surface area contributed by atoms with E-state index in [9.17, 15) is 5.11 Å². The summed E-state index contributed by atoms with van der Waals surface area (Å²) in [5, 5.41) is 9.86. The Labute approximate surface area is 108 Å². The normalized spacial score (nSPS) is 23.9. The van der Waals surface area contributed by atoms with Gasteiger partial charge in [0, 0.05) is 31.9 Å². The van der Waals surface area contributed by atoms with Crippen LogP contribution in [0.1, 0.15) is 12.0 Å². The SMILES string of the molecule is CN(C)CC1CC(O)CN1c1cc(CN)ccn1. The number of anilines is 1. The van der Waals surface area contributed by atoms with Crippen molar-refractivity contribution in [2.75, 3.05) is 32.1 Å². The van der Waals surface area contributed by atoms with Gasteiger partial charge in [0.25, 0.3) is 0 Å². The topological polar surface area (TPSA) is 65.6 Å². The van der Waals surface area contributed by atoms with Gasteiger partial charge in [-0.1, -0.05) is 0 Å². The Morgan fingerprint density at radius 1 is 1.56 bits per heavy atom. The molecule has 2 heterocycles. The summed E-state index contributed by atoms with van der Waals surface area (Å²) < 4.78 is 0. The summed E-state index contributed by atoms with van der Waals surface area (Å²) >= 11 is 0. The molecular formula is C13H22N4O. The molecule has 100 valence electrons. The van der Waals surface area contributed by atoms with E-state index < -0.39 is 0 Å². The van der Waals surface area contributed by atoms with Crippen molar-refractivity contribution >= 4 is 5.82 Å². The van der Waals surface area contributed by atoms with Crippen LogP contribution in [0.25, 0.3) is 0 Å². The van der Waals surface area contributed by atoms with Crippen LogP contribution < -0.4 is 10.6 Å². The van der Waals surface area contributed by atoms with E-state index >= 15 is 0 Å². The third-order valence-electron chi connectivity index (χ3n) is 3.31. The van der Waals surface area contributed by atoms with Gasteiger partial charge in [0.2, 0.25) is 0 Å². The summed E-state index contributed by atoms with van der Waals surface area (Å²) in [6, 6.07) is 4.26. The Balaban J connectivity index is 2.18. The van der Waals surface area contributed by atoms with Gasteiger partial charge in [-0.2, -0.15) is 0 Å². The molecule has 0 bridgehead atoms. The number of likely N-dealkylation sites (N-methyl/N-ethyl adjacent to an activating group) is 1. The van der Waals surface area contributed by atoms with Crippen molar-refractivity contribution in [2.45, 2.75) is 25.1 Å². The highest BCUT2D eigenvalue weighted by Gasteiger charge is 2.31. The molecule has 0 aromatic carbocycles. The highest BCUT2D eigenvalue weighted by molar-refractivity contribution is 5.44. The first-order valence-corrected chi connectivity index (χ1v) is 6.34. The fourth-order valence-corrected chi connectivity index (χ4v) is 2.51. The smallest absolute Gasteiger partial charge is 0.129 e. The van der Waals surface area contributed by atoms with Crippen molar-refractivity contribution in [1.82, 2.24) is 9.88 Å². The number of nitrogens with two attached hydrogens (primary N) is 1. The molecular weight excluding hydrogens is 228 g/mol. The molecule has 2 unspecified atom stereocenters. The van der Waals surface area contributed by atoms with Crippen molar-refractivity contribution in [2.24, 2.45) is 5.73 Å². The number of hydrogen-bond acceptors (Lipinski definition) is 5. The number of aliphatic hydroxyl groups is 1. The van der Waals surface area contributed by atoms with E-state index in [1.165, 1.54) is 0 Å². The lowest BCUT2D eigenvalue weighted by molar-refractivity contribution is 0.191. The Morgan fingerprint density at radius 3 is 3.00 bits per heavy atom. The van der Waals surface area contributed by atoms with Crippen LogP contribution in [-0.2, 0) is 6.54 Å². The van der Waals surface area contributed by atoms with Crippen molar-refractivity contribution in [3.63, 3.8) is 0 Å². The number of rotatable bonds is 4. The first-order valence-electron chi connectivity index (χ1n) is 6.34. The molecule has 1 aromatic rings. The fraction of sp³-hybridized carbons (Fsp3) is 0.615. The van der Waals surface area contributed by atoms with Gasteiger partial charge in [0.1, 0.15) is 5.82 Å². The molecule has 0 aliphatic carbocycles. The van der Waals surface area contributed by atoms with Crippen molar-refractivity contribution in [3.05, 3.63) is 23.9 Å². The van der Waals surface area contributed by atoms with Gasteiger partial charge < -0.3 is 20.6 Å². The van der Waals surface area contributed by atoms with Gasteiger partial charge in [0.05, 0.1) is 6.10 Å². The van der Waals surface area contributed by atoms with Gasteiger partial charge in [-0.05, 0) is 38.2 Å². The van der Waals surface area contributed by atoms with Crippen LogP contribution in [0.3, 0.4) is 0 Å². The zero-order valence-electron chi connectivity index (χ0n) is 11.1. The first-order chi connectivity index (χ1) is 8.60. The minimum absolute atomic E-state index is 0.265. The molecule has 0 radical (unpaired) electrons. The highest BCUT2D eigenvalue weighted by Crippen LogP contribution is 2.25. The maximum absolute atomic E-state index is 9.86. The van der Waals surface area contributed by atoms with E-state index in [2.05, 4.69) is 14.8 Å². The Morgan fingerprint density at radius 2 is 2.33 bits per heavy atom. The third kappa shape index (κ3) is 2.98. The van der Waals surface area contributed by atoms with Crippen LogP contribution >= 0.6 is 0 Å². The van der Waals surface area contributed by atoms with Gasteiger partial charge >= 0.3 is 0 Å². The number of β-amino-alcohol motifs (C(OH)–C–C–N with tert-alkyl or cyclic N) is 1. The molecule has 1 saturated heterocycles. The average Bonchev–Trinajstić information content (AvgIpc) is 2.69. The van der Waals surface area contributed by atoms with E-state index in [1.54, 1.807) is 6.20 Å². The Hall–Kier alpha value is -1.17. The lowest BCUT2D eigenvalue weighted by Gasteiger charge is -2.27. The highest BCUT2D eigenvalue weighted by atomic mass is 16.3. The largest absolute Gasteiger partial charge is 0.391 e. The molecule has 5 heteroatoms. The first kappa shape index (κ1) is 13.3. The zero-order valence-corrected chi connectivity index (χ0v) is 11.1. The lowest BCUT2D eigenvalue weighted by atomic mass is 10.2. The zero-order chi connectivity index (χ0) is 13.1. The maximum Gasteiger partial charge on any atom is 0.129 e. The Bertz CT molecular complexity index is 396. The average molecular weight is 250 g/mol. The molecule has 1 aliphatic rings. The summed E-state index contributed by atoms with van der Waals surface area (Å²) in [6.07, 6.45) is 2.32. The second-order valence-electron chi connectivity index (χ2n) is 5.18. The number of hydrogen-bond donors (Lipinski definition) is 2. The van der Waals surface area contributed by atoms with Crippen LogP contribution in [0, 0.1) is 0 Å². The van der Waals surface area contributed by atoms with E-state index in [0.717, 1.165) is 24.3 Å². The number of pyridine rings is 1. The standard InChI is InChI=1S/C13H22N4O/c1-16(2)8-11-6-12(18)9-17(11)13-5-10(7-14)3-4-15-13/h3-5,11-12,18H,6-9,14H2,1-2H3. The number of nitrogens with zero attached hydrogens (tertiary/aromatic N) is 3. The third-order valence-corrected chi connectivity index (χ3v) is 3.31. The molecule has 3 N–H and O–H groups in total. The summed E-state index contributed by atoms with van der Waals surface area (Å²) in [6.45, 7) is 2.09. The maximum atomic E-state index is 9.86. The van der Waals surface area contributed by atoms with Gasteiger partial charge in [-0.25, -0.2) is 4.98 Å². The number of aliphatic hydroxyl groups excluding tert-OH is 1. The molecule has 2 atom stereocenters. The quantitative estimate of drug-likeness (QED) is 0.790. The van der Waals surface area contributed by atoms with Crippen LogP contribution in [0.5, 0.6) is 0 Å². The summed E-state index contributed by atoms with van der Waals surface area (Å²) in [5.41, 5.74) is 6.73. The Kier molecular flexibility index (Phi) is 4.16. The molecule has 0 amide bonds. The molecule has 1 aliphatic heterocycles. The van der Waals surface area contributed by atoms with E-state index in [0.29, 0.717) is 19.1 Å². The molecule has 0 spiro atoms. The van der Waals surface area contributed by atoms with E-state index in [-0.39, 0.29) is 6.10 Å². The molecule has 5 nitrogen and oxygen atoms in total.